The maximum Gasteiger partial charge on any atom is 0.292 e. The highest BCUT2D eigenvalue weighted by molar-refractivity contribution is 5.76. The SMILES string of the molecule is Cc1cccc2c1-c1n(cc[n+]1C)CN2. The molecule has 0 fully saturated rings. The minimum absolute atomic E-state index is 0.854. The van der Waals surface area contributed by atoms with Crippen molar-refractivity contribution in [1.82, 2.24) is 4.57 Å². The number of nitrogens with one attached hydrogen (secondary N) is 1. The molecular formula is C12H14N3+. The van der Waals surface area contributed by atoms with E-state index in [1.54, 1.807) is 0 Å². The molecule has 0 radical (unpaired) electrons. The molecule has 1 aliphatic heterocycles. The third-order valence-corrected chi connectivity index (χ3v) is 3.01. The summed E-state index contributed by atoms with van der Waals surface area (Å²) in [7, 11) is 2.09. The summed E-state index contributed by atoms with van der Waals surface area (Å²) in [5.41, 5.74) is 3.86. The molecule has 0 saturated carbocycles. The highest BCUT2D eigenvalue weighted by Crippen LogP contribution is 2.32. The topological polar surface area (TPSA) is 20.8 Å². The molecule has 0 spiro atoms. The highest BCUT2D eigenvalue weighted by Gasteiger charge is 2.25. The first-order chi connectivity index (χ1) is 7.27. The zero-order valence-corrected chi connectivity index (χ0v) is 8.99. The van der Waals surface area contributed by atoms with Crippen LogP contribution in [0.3, 0.4) is 0 Å². The third kappa shape index (κ3) is 1.09. The molecule has 3 heteroatoms. The average molecular weight is 200 g/mol. The summed E-state index contributed by atoms with van der Waals surface area (Å²) in [5.74, 6) is 1.28. The number of fused-ring (bicyclic) bond motifs is 3. The van der Waals surface area contributed by atoms with Crippen LogP contribution in [0, 0.1) is 6.92 Å². The molecule has 1 aliphatic rings. The number of hydrogen-bond acceptors (Lipinski definition) is 1. The van der Waals surface area contributed by atoms with Gasteiger partial charge in [-0.15, -0.1) is 0 Å². The lowest BCUT2D eigenvalue weighted by atomic mass is 10.0. The van der Waals surface area contributed by atoms with Gasteiger partial charge in [0.15, 0.2) is 6.67 Å². The Labute approximate surface area is 89.0 Å². The average Bonchev–Trinajstić information content (AvgIpc) is 2.61. The van der Waals surface area contributed by atoms with E-state index in [4.69, 9.17) is 0 Å². The lowest BCUT2D eigenvalue weighted by molar-refractivity contribution is -0.659. The summed E-state index contributed by atoms with van der Waals surface area (Å²) in [5, 5.41) is 3.42. The fourth-order valence-electron chi connectivity index (χ4n) is 2.25. The molecule has 0 amide bonds. The minimum atomic E-state index is 0.854. The summed E-state index contributed by atoms with van der Waals surface area (Å²) in [6, 6.07) is 6.39. The van der Waals surface area contributed by atoms with Crippen LogP contribution in [0.4, 0.5) is 5.69 Å². The number of imidazole rings is 1. The van der Waals surface area contributed by atoms with Crippen molar-refractivity contribution in [1.29, 1.82) is 0 Å². The second-order valence-corrected chi connectivity index (χ2v) is 4.03. The molecular weight excluding hydrogens is 186 g/mol. The number of rotatable bonds is 0. The molecule has 3 nitrogen and oxygen atoms in total. The van der Waals surface area contributed by atoms with Crippen LogP contribution >= 0.6 is 0 Å². The van der Waals surface area contributed by atoms with E-state index in [1.165, 1.54) is 22.6 Å². The van der Waals surface area contributed by atoms with Gasteiger partial charge in [-0.05, 0) is 18.6 Å². The monoisotopic (exact) mass is 200 g/mol. The van der Waals surface area contributed by atoms with Crippen LogP contribution < -0.4 is 9.88 Å². The molecule has 2 aromatic rings. The van der Waals surface area contributed by atoms with Gasteiger partial charge in [-0.2, -0.15) is 0 Å². The number of benzene rings is 1. The van der Waals surface area contributed by atoms with Gasteiger partial charge in [0.05, 0.1) is 18.3 Å². The number of hydrogen-bond donors (Lipinski definition) is 1. The second kappa shape index (κ2) is 2.86. The number of nitrogens with zero attached hydrogens (tertiary/aromatic N) is 2. The molecule has 0 atom stereocenters. The minimum Gasteiger partial charge on any atom is -0.349 e. The smallest absolute Gasteiger partial charge is 0.292 e. The van der Waals surface area contributed by atoms with E-state index in [0.29, 0.717) is 0 Å². The molecule has 0 saturated heterocycles. The summed E-state index contributed by atoms with van der Waals surface area (Å²) in [4.78, 5) is 0. The van der Waals surface area contributed by atoms with E-state index >= 15 is 0 Å². The van der Waals surface area contributed by atoms with Gasteiger partial charge in [-0.1, -0.05) is 12.1 Å². The van der Waals surface area contributed by atoms with Gasteiger partial charge in [-0.25, -0.2) is 9.13 Å². The quantitative estimate of drug-likeness (QED) is 0.642. The van der Waals surface area contributed by atoms with Crippen molar-refractivity contribution in [3.8, 4) is 11.4 Å². The lowest BCUT2D eigenvalue weighted by Gasteiger charge is -2.17. The van der Waals surface area contributed by atoms with Crippen LogP contribution in [0.15, 0.2) is 30.6 Å². The predicted octanol–water partition coefficient (Wildman–Crippen LogP) is 1.67. The van der Waals surface area contributed by atoms with E-state index in [9.17, 15) is 0 Å². The van der Waals surface area contributed by atoms with Gasteiger partial charge in [0.2, 0.25) is 0 Å². The molecule has 0 aliphatic carbocycles. The normalized spacial score (nSPS) is 12.9. The summed E-state index contributed by atoms with van der Waals surface area (Å²) < 4.78 is 4.40. The predicted molar refractivity (Wildman–Crippen MR) is 59.4 cm³/mol. The zero-order valence-electron chi connectivity index (χ0n) is 8.99. The molecule has 15 heavy (non-hydrogen) atoms. The van der Waals surface area contributed by atoms with Crippen LogP contribution in [0.2, 0.25) is 0 Å². The summed E-state index contributed by atoms with van der Waals surface area (Å²) in [6.45, 7) is 3.01. The molecule has 76 valence electrons. The number of aromatic nitrogens is 2. The van der Waals surface area contributed by atoms with E-state index in [-0.39, 0.29) is 0 Å². The largest absolute Gasteiger partial charge is 0.349 e. The second-order valence-electron chi connectivity index (χ2n) is 4.03. The van der Waals surface area contributed by atoms with Gasteiger partial charge < -0.3 is 5.32 Å². The first-order valence-electron chi connectivity index (χ1n) is 5.16. The molecule has 0 bridgehead atoms. The maximum atomic E-state index is 3.42. The van der Waals surface area contributed by atoms with Crippen LogP contribution in [0.5, 0.6) is 0 Å². The van der Waals surface area contributed by atoms with Crippen LogP contribution in [-0.4, -0.2) is 4.57 Å². The molecule has 0 unspecified atom stereocenters. The summed E-state index contributed by atoms with van der Waals surface area (Å²) >= 11 is 0. The zero-order chi connectivity index (χ0) is 10.4. The van der Waals surface area contributed by atoms with Crippen LogP contribution in [0.1, 0.15) is 5.56 Å². The Morgan fingerprint density at radius 2 is 2.27 bits per heavy atom. The molecule has 1 aromatic heterocycles. The Morgan fingerprint density at radius 3 is 3.13 bits per heavy atom. The Morgan fingerprint density at radius 1 is 1.40 bits per heavy atom. The van der Waals surface area contributed by atoms with Gasteiger partial charge in [0.25, 0.3) is 5.82 Å². The van der Waals surface area contributed by atoms with Gasteiger partial charge in [0.1, 0.15) is 12.4 Å². The van der Waals surface area contributed by atoms with Crippen molar-refractivity contribution in [2.75, 3.05) is 5.32 Å². The van der Waals surface area contributed by atoms with Crippen LogP contribution in [0.25, 0.3) is 11.4 Å². The summed E-state index contributed by atoms with van der Waals surface area (Å²) in [6.07, 6.45) is 4.20. The lowest BCUT2D eigenvalue weighted by Crippen LogP contribution is -2.32. The van der Waals surface area contributed by atoms with Crippen molar-refractivity contribution in [2.24, 2.45) is 7.05 Å². The van der Waals surface area contributed by atoms with Crippen molar-refractivity contribution < 1.29 is 4.57 Å². The maximum absolute atomic E-state index is 3.42. The first kappa shape index (κ1) is 8.53. The molecule has 3 rings (SSSR count). The van der Waals surface area contributed by atoms with Gasteiger partial charge in [0, 0.05) is 0 Å². The van der Waals surface area contributed by atoms with Crippen molar-refractivity contribution in [2.45, 2.75) is 13.6 Å². The highest BCUT2D eigenvalue weighted by atomic mass is 15.2. The molecule has 1 aromatic carbocycles. The van der Waals surface area contributed by atoms with Crippen molar-refractivity contribution in [3.63, 3.8) is 0 Å². The molecule has 1 N–H and O–H groups in total. The standard InChI is InChI=1S/C12H13N3/c1-9-4-3-5-10-11(9)12-14(2)6-7-15(12)8-13-10/h3-7H,8H2,1-2H3/p+1. The van der Waals surface area contributed by atoms with E-state index in [2.05, 4.69) is 59.0 Å². The Hall–Kier alpha value is -1.77. The van der Waals surface area contributed by atoms with E-state index in [1.807, 2.05) is 0 Å². The fraction of sp³-hybridized carbons (Fsp3) is 0.250. The van der Waals surface area contributed by atoms with Gasteiger partial charge >= 0.3 is 0 Å². The van der Waals surface area contributed by atoms with E-state index < -0.39 is 0 Å². The van der Waals surface area contributed by atoms with Crippen molar-refractivity contribution >= 4 is 5.69 Å². The fourth-order valence-corrected chi connectivity index (χ4v) is 2.25. The Kier molecular flexibility index (Phi) is 1.63. The first-order valence-corrected chi connectivity index (χ1v) is 5.16. The van der Waals surface area contributed by atoms with Crippen molar-refractivity contribution in [3.05, 3.63) is 36.2 Å². The Balaban J connectivity index is 2.36. The number of aryl methyl sites for hydroxylation is 2. The van der Waals surface area contributed by atoms with E-state index in [0.717, 1.165) is 6.67 Å². The van der Waals surface area contributed by atoms with Crippen LogP contribution in [-0.2, 0) is 13.7 Å². The number of anilines is 1. The van der Waals surface area contributed by atoms with Gasteiger partial charge in [-0.3, -0.25) is 0 Å². The third-order valence-electron chi connectivity index (χ3n) is 3.01. The molecule has 2 heterocycles. The Bertz CT molecular complexity index is 526.